The van der Waals surface area contributed by atoms with E-state index in [-0.39, 0.29) is 29.8 Å². The van der Waals surface area contributed by atoms with Crippen molar-refractivity contribution in [1.29, 1.82) is 0 Å². The van der Waals surface area contributed by atoms with E-state index in [1.807, 2.05) is 26.8 Å². The Bertz CT molecular complexity index is 615. The van der Waals surface area contributed by atoms with E-state index in [1.54, 1.807) is 0 Å². The number of hydrogen-bond acceptors (Lipinski definition) is 3. The van der Waals surface area contributed by atoms with Crippen LogP contribution in [0.25, 0.3) is 0 Å². The number of Topliss-reactive ketones (excluding diaryl/α,β-unsaturated/α-hetero) is 2. The number of hydrogen-bond donors (Lipinski definition) is 1. The first-order chi connectivity index (χ1) is 9.79. The van der Waals surface area contributed by atoms with E-state index < -0.39 is 0 Å². The molecule has 1 saturated carbocycles. The monoisotopic (exact) mass is 287 g/mol. The lowest BCUT2D eigenvalue weighted by Gasteiger charge is -2.26. The zero-order valence-corrected chi connectivity index (χ0v) is 13.0. The van der Waals surface area contributed by atoms with Gasteiger partial charge in [-0.3, -0.25) is 14.4 Å². The van der Waals surface area contributed by atoms with Crippen molar-refractivity contribution in [2.45, 2.75) is 52.9 Å². The Kier molecular flexibility index (Phi) is 4.26. The van der Waals surface area contributed by atoms with Crippen molar-refractivity contribution in [2.75, 3.05) is 5.32 Å². The maximum atomic E-state index is 11.7. The maximum absolute atomic E-state index is 11.7. The van der Waals surface area contributed by atoms with Gasteiger partial charge < -0.3 is 5.32 Å². The van der Waals surface area contributed by atoms with Gasteiger partial charge in [0, 0.05) is 25.5 Å². The van der Waals surface area contributed by atoms with Crippen molar-refractivity contribution in [3.05, 3.63) is 28.3 Å². The second-order valence-electron chi connectivity index (χ2n) is 5.96. The first-order valence-electron chi connectivity index (χ1n) is 7.21. The molecule has 1 aliphatic rings. The summed E-state index contributed by atoms with van der Waals surface area (Å²) >= 11 is 0. The Morgan fingerprint density at radius 3 is 2.19 bits per heavy atom. The molecule has 0 spiro atoms. The van der Waals surface area contributed by atoms with Gasteiger partial charge in [0.25, 0.3) is 0 Å². The average molecular weight is 287 g/mol. The van der Waals surface area contributed by atoms with E-state index >= 15 is 0 Å². The zero-order chi connectivity index (χ0) is 15.7. The minimum Gasteiger partial charge on any atom is -0.326 e. The molecule has 4 heteroatoms. The molecule has 1 aliphatic carbocycles. The number of carbonyl (C=O) groups excluding carboxylic acids is 3. The maximum Gasteiger partial charge on any atom is 0.221 e. The minimum absolute atomic E-state index is 0.0108. The predicted molar refractivity (Wildman–Crippen MR) is 81.6 cm³/mol. The van der Waals surface area contributed by atoms with Gasteiger partial charge in [-0.15, -0.1) is 0 Å². The number of aryl methyl sites for hydroxylation is 2. The molecule has 0 heterocycles. The van der Waals surface area contributed by atoms with Gasteiger partial charge in [0.05, 0.1) is 6.42 Å². The SMILES string of the molecule is CC(=O)Nc1c(C)cc(C)c(C2CC(=O)CC(=O)C2)c1C. The van der Waals surface area contributed by atoms with Gasteiger partial charge in [-0.25, -0.2) is 0 Å². The molecule has 1 fully saturated rings. The molecule has 0 radical (unpaired) electrons. The highest BCUT2D eigenvalue weighted by Gasteiger charge is 2.29. The lowest BCUT2D eigenvalue weighted by molar-refractivity contribution is -0.130. The molecule has 1 N–H and O–H groups in total. The number of anilines is 1. The Morgan fingerprint density at radius 1 is 1.10 bits per heavy atom. The summed E-state index contributed by atoms with van der Waals surface area (Å²) in [6, 6.07) is 2.01. The van der Waals surface area contributed by atoms with Crippen molar-refractivity contribution >= 4 is 23.2 Å². The average Bonchev–Trinajstić information content (AvgIpc) is 2.32. The van der Waals surface area contributed by atoms with Crippen LogP contribution in [-0.2, 0) is 14.4 Å². The van der Waals surface area contributed by atoms with E-state index in [0.717, 1.165) is 27.9 Å². The van der Waals surface area contributed by atoms with Crippen LogP contribution < -0.4 is 5.32 Å². The molecule has 0 unspecified atom stereocenters. The minimum atomic E-state index is -0.119. The summed E-state index contributed by atoms with van der Waals surface area (Å²) in [6.07, 6.45) is 0.894. The third-order valence-corrected chi connectivity index (χ3v) is 4.08. The number of carbonyl (C=O) groups is 3. The number of amides is 1. The van der Waals surface area contributed by atoms with Gasteiger partial charge >= 0.3 is 0 Å². The zero-order valence-electron chi connectivity index (χ0n) is 13.0. The Morgan fingerprint density at radius 2 is 1.67 bits per heavy atom. The van der Waals surface area contributed by atoms with Crippen LogP contribution in [-0.4, -0.2) is 17.5 Å². The van der Waals surface area contributed by atoms with E-state index in [2.05, 4.69) is 5.32 Å². The van der Waals surface area contributed by atoms with Gasteiger partial charge in [-0.05, 0) is 48.9 Å². The van der Waals surface area contributed by atoms with Gasteiger partial charge in [0.15, 0.2) is 0 Å². The lowest BCUT2D eigenvalue weighted by Crippen LogP contribution is -2.23. The number of rotatable bonds is 2. The number of nitrogens with one attached hydrogen (secondary N) is 1. The summed E-state index contributed by atoms with van der Waals surface area (Å²) in [5.41, 5.74) is 4.87. The van der Waals surface area contributed by atoms with Crippen molar-refractivity contribution in [2.24, 2.45) is 0 Å². The summed E-state index contributed by atoms with van der Waals surface area (Å²) < 4.78 is 0. The van der Waals surface area contributed by atoms with Crippen LogP contribution in [0, 0.1) is 20.8 Å². The molecular formula is C17H21NO3. The molecule has 0 aliphatic heterocycles. The van der Waals surface area contributed by atoms with Crippen molar-refractivity contribution < 1.29 is 14.4 Å². The quantitative estimate of drug-likeness (QED) is 0.850. The number of ketones is 2. The third kappa shape index (κ3) is 3.20. The second-order valence-corrected chi connectivity index (χ2v) is 5.96. The fraction of sp³-hybridized carbons (Fsp3) is 0.471. The molecular weight excluding hydrogens is 266 g/mol. The van der Waals surface area contributed by atoms with Crippen LogP contribution in [0.4, 0.5) is 5.69 Å². The van der Waals surface area contributed by atoms with E-state index in [1.165, 1.54) is 6.92 Å². The van der Waals surface area contributed by atoms with Crippen molar-refractivity contribution in [3.63, 3.8) is 0 Å². The molecule has 112 valence electrons. The van der Waals surface area contributed by atoms with Crippen LogP contribution in [0.15, 0.2) is 6.07 Å². The van der Waals surface area contributed by atoms with Crippen LogP contribution in [0.1, 0.15) is 54.4 Å². The summed E-state index contributed by atoms with van der Waals surface area (Å²) in [7, 11) is 0. The molecule has 1 aromatic carbocycles. The summed E-state index contributed by atoms with van der Waals surface area (Å²) in [5.74, 6) is -0.160. The fourth-order valence-electron chi connectivity index (χ4n) is 3.39. The highest BCUT2D eigenvalue weighted by Crippen LogP contribution is 2.37. The highest BCUT2D eigenvalue weighted by molar-refractivity contribution is 6.02. The van der Waals surface area contributed by atoms with Crippen molar-refractivity contribution in [3.8, 4) is 0 Å². The summed E-state index contributed by atoms with van der Waals surface area (Å²) in [4.78, 5) is 34.8. The molecule has 1 amide bonds. The molecule has 0 bridgehead atoms. The van der Waals surface area contributed by atoms with Crippen LogP contribution in [0.3, 0.4) is 0 Å². The normalized spacial score (nSPS) is 16.2. The molecule has 4 nitrogen and oxygen atoms in total. The third-order valence-electron chi connectivity index (χ3n) is 4.08. The Hall–Kier alpha value is -1.97. The molecule has 2 rings (SSSR count). The molecule has 21 heavy (non-hydrogen) atoms. The van der Waals surface area contributed by atoms with E-state index in [9.17, 15) is 14.4 Å². The van der Waals surface area contributed by atoms with Gasteiger partial charge in [0.1, 0.15) is 11.6 Å². The summed E-state index contributed by atoms with van der Waals surface area (Å²) in [5, 5.41) is 2.86. The van der Waals surface area contributed by atoms with Crippen LogP contribution >= 0.6 is 0 Å². The second kappa shape index (κ2) is 5.80. The summed E-state index contributed by atoms with van der Waals surface area (Å²) in [6.45, 7) is 7.37. The van der Waals surface area contributed by atoms with Gasteiger partial charge in [-0.2, -0.15) is 0 Å². The van der Waals surface area contributed by atoms with Gasteiger partial charge in [0.2, 0.25) is 5.91 Å². The molecule has 1 aromatic rings. The predicted octanol–water partition coefficient (Wildman–Crippen LogP) is 2.98. The molecule has 0 atom stereocenters. The first kappa shape index (κ1) is 15.4. The van der Waals surface area contributed by atoms with Crippen molar-refractivity contribution in [1.82, 2.24) is 0 Å². The molecule has 0 saturated heterocycles. The fourth-order valence-corrected chi connectivity index (χ4v) is 3.39. The highest BCUT2D eigenvalue weighted by atomic mass is 16.2. The van der Waals surface area contributed by atoms with E-state index in [0.29, 0.717) is 12.8 Å². The first-order valence-corrected chi connectivity index (χ1v) is 7.21. The Labute approximate surface area is 124 Å². The smallest absolute Gasteiger partial charge is 0.221 e. The van der Waals surface area contributed by atoms with Gasteiger partial charge in [-0.1, -0.05) is 6.07 Å². The van der Waals surface area contributed by atoms with Crippen LogP contribution in [0.5, 0.6) is 0 Å². The number of benzene rings is 1. The largest absolute Gasteiger partial charge is 0.326 e. The van der Waals surface area contributed by atoms with Crippen LogP contribution in [0.2, 0.25) is 0 Å². The standard InChI is InChI=1S/C17H21NO3/c1-9-5-10(2)17(18-12(4)19)11(3)16(9)13-6-14(20)8-15(21)7-13/h5,13H,6-8H2,1-4H3,(H,18,19). The molecule has 0 aromatic heterocycles. The van der Waals surface area contributed by atoms with E-state index in [4.69, 9.17) is 0 Å². The topological polar surface area (TPSA) is 63.2 Å². The Balaban J connectivity index is 2.50. The lowest BCUT2D eigenvalue weighted by atomic mass is 9.78.